The van der Waals surface area contributed by atoms with Crippen LogP contribution in [0, 0.1) is 0 Å². The number of halogens is 3. The molecule has 142 valence electrons. The summed E-state index contributed by atoms with van der Waals surface area (Å²) in [5.41, 5.74) is -0.327. The smallest absolute Gasteiger partial charge is 0.342 e. The minimum Gasteiger partial charge on any atom is -0.342 e. The Bertz CT molecular complexity index is 818. The van der Waals surface area contributed by atoms with Crippen LogP contribution in [0.4, 0.5) is 24.8 Å². The van der Waals surface area contributed by atoms with Crippen LogP contribution in [0.3, 0.4) is 0 Å². The first kappa shape index (κ1) is 18.6. The van der Waals surface area contributed by atoms with Crippen molar-refractivity contribution >= 4 is 24.0 Å². The van der Waals surface area contributed by atoms with Crippen molar-refractivity contribution in [1.82, 2.24) is 19.8 Å². The average molecular weight is 379 g/mol. The molecule has 27 heavy (non-hydrogen) atoms. The summed E-state index contributed by atoms with van der Waals surface area (Å²) in [6.45, 7) is 1.76. The number of benzene rings is 1. The van der Waals surface area contributed by atoms with Gasteiger partial charge in [0.15, 0.2) is 0 Å². The van der Waals surface area contributed by atoms with Crippen molar-refractivity contribution < 1.29 is 22.8 Å². The molecule has 0 atom stereocenters. The zero-order valence-corrected chi connectivity index (χ0v) is 14.1. The monoisotopic (exact) mass is 379 g/mol. The number of hydrogen-bond acceptors (Lipinski definition) is 5. The third-order valence-corrected chi connectivity index (χ3v) is 4.10. The van der Waals surface area contributed by atoms with E-state index in [1.54, 1.807) is 9.80 Å². The number of alkyl halides is 3. The summed E-state index contributed by atoms with van der Waals surface area (Å²) >= 11 is 0. The second-order valence-corrected chi connectivity index (χ2v) is 5.93. The zero-order valence-electron chi connectivity index (χ0n) is 14.1. The highest BCUT2D eigenvalue weighted by atomic mass is 19.4. The largest absolute Gasteiger partial charge is 0.416 e. The Morgan fingerprint density at radius 3 is 2.37 bits per heavy atom. The van der Waals surface area contributed by atoms with E-state index < -0.39 is 11.7 Å². The third kappa shape index (κ3) is 4.52. The van der Waals surface area contributed by atoms with Crippen LogP contribution in [0.15, 0.2) is 36.7 Å². The molecule has 1 fully saturated rings. The SMILES string of the molecule is O=CN1CCN(C(=O)c2cnc(Nc3cccc(C(F)(F)F)c3)nc2)CC1. The van der Waals surface area contributed by atoms with Crippen LogP contribution in [-0.4, -0.2) is 58.3 Å². The van der Waals surface area contributed by atoms with E-state index in [0.29, 0.717) is 26.2 Å². The minimum absolute atomic E-state index is 0.0802. The van der Waals surface area contributed by atoms with E-state index in [9.17, 15) is 22.8 Å². The number of carbonyl (C=O) groups excluding carboxylic acids is 2. The summed E-state index contributed by atoms with van der Waals surface area (Å²) < 4.78 is 38.2. The van der Waals surface area contributed by atoms with E-state index in [1.165, 1.54) is 24.5 Å². The lowest BCUT2D eigenvalue weighted by Gasteiger charge is -2.32. The molecule has 1 aliphatic rings. The molecule has 0 spiro atoms. The van der Waals surface area contributed by atoms with Crippen LogP contribution in [0.1, 0.15) is 15.9 Å². The second-order valence-electron chi connectivity index (χ2n) is 5.93. The van der Waals surface area contributed by atoms with Gasteiger partial charge in [-0.15, -0.1) is 0 Å². The van der Waals surface area contributed by atoms with Gasteiger partial charge in [0.2, 0.25) is 12.4 Å². The fraction of sp³-hybridized carbons (Fsp3) is 0.294. The second kappa shape index (κ2) is 7.60. The lowest BCUT2D eigenvalue weighted by molar-refractivity contribution is -0.137. The molecule has 3 rings (SSSR count). The fourth-order valence-electron chi connectivity index (χ4n) is 2.62. The summed E-state index contributed by atoms with van der Waals surface area (Å²) in [7, 11) is 0. The fourth-order valence-corrected chi connectivity index (χ4v) is 2.62. The van der Waals surface area contributed by atoms with Gasteiger partial charge in [-0.2, -0.15) is 13.2 Å². The average Bonchev–Trinajstić information content (AvgIpc) is 2.68. The highest BCUT2D eigenvalue weighted by Crippen LogP contribution is 2.31. The zero-order chi connectivity index (χ0) is 19.4. The van der Waals surface area contributed by atoms with Crippen molar-refractivity contribution in [1.29, 1.82) is 0 Å². The molecule has 0 aliphatic carbocycles. The van der Waals surface area contributed by atoms with Crippen molar-refractivity contribution in [3.63, 3.8) is 0 Å². The molecule has 1 aromatic heterocycles. The van der Waals surface area contributed by atoms with Crippen LogP contribution in [0.5, 0.6) is 0 Å². The summed E-state index contributed by atoms with van der Waals surface area (Å²) in [5.74, 6) is -0.178. The molecule has 2 aromatic rings. The molecule has 10 heteroatoms. The standard InChI is InChI=1S/C17H16F3N5O2/c18-17(19,20)13-2-1-3-14(8-13)23-16-21-9-12(10-22-16)15(27)25-6-4-24(11-26)5-7-25/h1-3,8-11H,4-7H2,(H,21,22,23). The summed E-state index contributed by atoms with van der Waals surface area (Å²) in [6.07, 6.45) is -1.06. The van der Waals surface area contributed by atoms with E-state index in [1.807, 2.05) is 0 Å². The molecule has 1 N–H and O–H groups in total. The molecular weight excluding hydrogens is 363 g/mol. The van der Waals surface area contributed by atoms with Crippen molar-refractivity contribution in [2.75, 3.05) is 31.5 Å². The van der Waals surface area contributed by atoms with Gasteiger partial charge in [0, 0.05) is 44.3 Å². The summed E-state index contributed by atoms with van der Waals surface area (Å²) in [4.78, 5) is 34.3. The van der Waals surface area contributed by atoms with Gasteiger partial charge in [0.1, 0.15) is 0 Å². The number of piperazine rings is 1. The number of nitrogens with zero attached hydrogens (tertiary/aromatic N) is 4. The summed E-state index contributed by atoms with van der Waals surface area (Å²) in [5, 5.41) is 2.68. The van der Waals surface area contributed by atoms with Gasteiger partial charge in [-0.05, 0) is 18.2 Å². The number of anilines is 2. The molecule has 1 aromatic carbocycles. The third-order valence-electron chi connectivity index (χ3n) is 4.10. The van der Waals surface area contributed by atoms with Crippen LogP contribution < -0.4 is 5.32 Å². The summed E-state index contributed by atoms with van der Waals surface area (Å²) in [6, 6.07) is 4.67. The molecule has 0 bridgehead atoms. The normalized spacial score (nSPS) is 14.8. The Morgan fingerprint density at radius 1 is 1.11 bits per heavy atom. The van der Waals surface area contributed by atoms with Gasteiger partial charge in [-0.25, -0.2) is 9.97 Å². The Morgan fingerprint density at radius 2 is 1.78 bits per heavy atom. The Labute approximate surface area is 152 Å². The van der Waals surface area contributed by atoms with E-state index >= 15 is 0 Å². The van der Waals surface area contributed by atoms with Crippen molar-refractivity contribution in [2.45, 2.75) is 6.18 Å². The number of aromatic nitrogens is 2. The Hall–Kier alpha value is -3.17. The van der Waals surface area contributed by atoms with Crippen LogP contribution in [0.2, 0.25) is 0 Å². The van der Waals surface area contributed by atoms with Crippen LogP contribution in [0.25, 0.3) is 0 Å². The van der Waals surface area contributed by atoms with Gasteiger partial charge in [-0.1, -0.05) is 6.07 Å². The van der Waals surface area contributed by atoms with E-state index in [4.69, 9.17) is 0 Å². The number of nitrogens with one attached hydrogen (secondary N) is 1. The molecule has 0 radical (unpaired) electrons. The Kier molecular flexibility index (Phi) is 5.24. The van der Waals surface area contributed by atoms with Crippen molar-refractivity contribution in [3.8, 4) is 0 Å². The lowest BCUT2D eigenvalue weighted by atomic mass is 10.2. The van der Waals surface area contributed by atoms with Gasteiger partial charge in [-0.3, -0.25) is 9.59 Å². The molecule has 0 saturated carbocycles. The number of carbonyl (C=O) groups is 2. The lowest BCUT2D eigenvalue weighted by Crippen LogP contribution is -2.48. The van der Waals surface area contributed by atoms with E-state index in [0.717, 1.165) is 18.5 Å². The van der Waals surface area contributed by atoms with E-state index in [-0.39, 0.29) is 23.1 Å². The number of hydrogen-bond donors (Lipinski definition) is 1. The first-order valence-electron chi connectivity index (χ1n) is 8.12. The Balaban J connectivity index is 1.65. The van der Waals surface area contributed by atoms with Crippen molar-refractivity contribution in [2.24, 2.45) is 0 Å². The quantitative estimate of drug-likeness (QED) is 0.824. The maximum absolute atomic E-state index is 12.7. The van der Waals surface area contributed by atoms with Gasteiger partial charge in [0.25, 0.3) is 5.91 Å². The molecule has 7 nitrogen and oxygen atoms in total. The molecule has 1 aliphatic heterocycles. The van der Waals surface area contributed by atoms with Gasteiger partial charge >= 0.3 is 6.18 Å². The maximum atomic E-state index is 12.7. The first-order chi connectivity index (χ1) is 12.9. The first-order valence-corrected chi connectivity index (χ1v) is 8.12. The highest BCUT2D eigenvalue weighted by molar-refractivity contribution is 5.93. The predicted octanol–water partition coefficient (Wildman–Crippen LogP) is 2.15. The van der Waals surface area contributed by atoms with Gasteiger partial charge in [0.05, 0.1) is 11.1 Å². The molecular formula is C17H16F3N5O2. The predicted molar refractivity (Wildman–Crippen MR) is 90.3 cm³/mol. The van der Waals surface area contributed by atoms with Crippen molar-refractivity contribution in [3.05, 3.63) is 47.8 Å². The molecule has 2 amide bonds. The number of amides is 2. The topological polar surface area (TPSA) is 78.4 Å². The van der Waals surface area contributed by atoms with Crippen LogP contribution in [-0.2, 0) is 11.0 Å². The molecule has 1 saturated heterocycles. The minimum atomic E-state index is -4.44. The van der Waals surface area contributed by atoms with E-state index in [2.05, 4.69) is 15.3 Å². The number of rotatable bonds is 4. The van der Waals surface area contributed by atoms with Crippen LogP contribution >= 0.6 is 0 Å². The molecule has 2 heterocycles. The maximum Gasteiger partial charge on any atom is 0.416 e. The molecule has 0 unspecified atom stereocenters. The highest BCUT2D eigenvalue weighted by Gasteiger charge is 2.30. The van der Waals surface area contributed by atoms with Gasteiger partial charge < -0.3 is 15.1 Å².